The normalized spacial score (nSPS) is 13.0. The van der Waals surface area contributed by atoms with E-state index in [1.165, 1.54) is 29.2 Å². The third-order valence-corrected chi connectivity index (χ3v) is 5.19. The van der Waals surface area contributed by atoms with E-state index in [0.717, 1.165) is 0 Å². The van der Waals surface area contributed by atoms with Gasteiger partial charge < -0.3 is 30.5 Å². The number of phenolic OH excluding ortho intramolecular Hbond substituents is 2. The highest BCUT2D eigenvalue weighted by atomic mass is 16.6. The second kappa shape index (κ2) is 12.3. The molecule has 2 atom stereocenters. The minimum absolute atomic E-state index is 0.0351. The first-order valence-electron chi connectivity index (χ1n) is 12.0. The van der Waals surface area contributed by atoms with E-state index in [0.29, 0.717) is 11.1 Å². The van der Waals surface area contributed by atoms with E-state index in [-0.39, 0.29) is 36.4 Å². The molecule has 4 N–H and O–H groups in total. The van der Waals surface area contributed by atoms with Crippen LogP contribution in [0.4, 0.5) is 4.79 Å². The van der Waals surface area contributed by atoms with Crippen molar-refractivity contribution in [3.63, 3.8) is 0 Å². The van der Waals surface area contributed by atoms with Crippen molar-refractivity contribution in [3.8, 4) is 11.5 Å². The molecule has 9 nitrogen and oxygen atoms in total. The van der Waals surface area contributed by atoms with Crippen molar-refractivity contribution in [2.24, 2.45) is 0 Å². The van der Waals surface area contributed by atoms with Gasteiger partial charge in [0.05, 0.1) is 0 Å². The summed E-state index contributed by atoms with van der Waals surface area (Å²) in [4.78, 5) is 41.2. The number of carbonyl (C=O) groups is 3. The van der Waals surface area contributed by atoms with Gasteiger partial charge in [0, 0.05) is 19.0 Å². The topological polar surface area (TPSA) is 128 Å². The maximum Gasteiger partial charge on any atom is 0.408 e. The van der Waals surface area contributed by atoms with Crippen LogP contribution in [-0.2, 0) is 20.7 Å². The van der Waals surface area contributed by atoms with E-state index in [2.05, 4.69) is 10.6 Å². The third-order valence-electron chi connectivity index (χ3n) is 5.19. The molecule has 9 heteroatoms. The Balaban J connectivity index is 2.46. The molecule has 0 radical (unpaired) electrons. The summed E-state index contributed by atoms with van der Waals surface area (Å²) in [5, 5.41) is 24.9. The van der Waals surface area contributed by atoms with Gasteiger partial charge in [0.2, 0.25) is 11.8 Å². The molecule has 2 unspecified atom stereocenters. The highest BCUT2D eigenvalue weighted by molar-refractivity contribution is 5.92. The predicted molar refractivity (Wildman–Crippen MR) is 136 cm³/mol. The number of rotatable bonds is 9. The van der Waals surface area contributed by atoms with Gasteiger partial charge in [-0.3, -0.25) is 9.59 Å². The van der Waals surface area contributed by atoms with Gasteiger partial charge in [0.1, 0.15) is 29.2 Å². The Morgan fingerprint density at radius 3 is 1.92 bits per heavy atom. The lowest BCUT2D eigenvalue weighted by Crippen LogP contribution is -2.54. The number of nitrogens with zero attached hydrogens (tertiary/aromatic N) is 1. The van der Waals surface area contributed by atoms with Crippen LogP contribution in [0.25, 0.3) is 0 Å². The minimum atomic E-state index is -1.05. The van der Waals surface area contributed by atoms with Crippen LogP contribution >= 0.6 is 0 Å². The first-order chi connectivity index (χ1) is 16.8. The number of likely N-dealkylation sites (N-methyl/N-ethyl adjacent to an activating group) is 1. The Hall–Kier alpha value is -3.75. The lowest BCUT2D eigenvalue weighted by Gasteiger charge is -2.34. The van der Waals surface area contributed by atoms with Gasteiger partial charge in [-0.1, -0.05) is 24.3 Å². The van der Waals surface area contributed by atoms with E-state index in [1.807, 2.05) is 13.8 Å². The molecule has 2 aromatic rings. The average molecular weight is 500 g/mol. The molecule has 0 heterocycles. The van der Waals surface area contributed by atoms with Crippen molar-refractivity contribution in [2.75, 3.05) is 6.54 Å². The predicted octanol–water partition coefficient (Wildman–Crippen LogP) is 3.65. The van der Waals surface area contributed by atoms with Crippen LogP contribution in [0, 0.1) is 0 Å². The second-order valence-corrected chi connectivity index (χ2v) is 9.85. The Bertz CT molecular complexity index is 1030. The molecule has 0 aromatic heterocycles. The zero-order chi connectivity index (χ0) is 27.0. The maximum atomic E-state index is 13.9. The van der Waals surface area contributed by atoms with E-state index >= 15 is 0 Å². The summed E-state index contributed by atoms with van der Waals surface area (Å²) >= 11 is 0. The van der Waals surface area contributed by atoms with E-state index < -0.39 is 29.7 Å². The molecule has 0 spiro atoms. The van der Waals surface area contributed by atoms with Gasteiger partial charge in [-0.05, 0) is 76.9 Å². The summed E-state index contributed by atoms with van der Waals surface area (Å²) in [7, 11) is 0. The van der Waals surface area contributed by atoms with Crippen molar-refractivity contribution in [2.45, 2.75) is 71.7 Å². The van der Waals surface area contributed by atoms with Crippen molar-refractivity contribution in [1.29, 1.82) is 0 Å². The summed E-state index contributed by atoms with van der Waals surface area (Å²) in [5.41, 5.74) is 0.444. The molecule has 0 aliphatic rings. The minimum Gasteiger partial charge on any atom is -0.508 e. The zero-order valence-corrected chi connectivity index (χ0v) is 21.7. The van der Waals surface area contributed by atoms with Crippen molar-refractivity contribution in [1.82, 2.24) is 15.5 Å². The fraction of sp³-hybridized carbons (Fsp3) is 0.444. The third kappa shape index (κ3) is 8.48. The molecular weight excluding hydrogens is 462 g/mol. The Morgan fingerprint density at radius 2 is 1.44 bits per heavy atom. The molecule has 0 aliphatic heterocycles. The van der Waals surface area contributed by atoms with Crippen LogP contribution in [0.1, 0.15) is 58.7 Å². The summed E-state index contributed by atoms with van der Waals surface area (Å²) in [6, 6.07) is 10.2. The quantitative estimate of drug-likeness (QED) is 0.417. The Morgan fingerprint density at radius 1 is 0.917 bits per heavy atom. The van der Waals surface area contributed by atoms with Gasteiger partial charge >= 0.3 is 6.09 Å². The molecule has 196 valence electrons. The number of carbonyl (C=O) groups excluding carboxylic acids is 3. The summed E-state index contributed by atoms with van der Waals surface area (Å²) in [6.45, 7) is 10.7. The number of phenols is 2. The van der Waals surface area contributed by atoms with Gasteiger partial charge in [0.15, 0.2) is 0 Å². The number of ether oxygens (including phenoxy) is 1. The van der Waals surface area contributed by atoms with Crippen molar-refractivity contribution < 1.29 is 29.3 Å². The van der Waals surface area contributed by atoms with Crippen LogP contribution in [0.5, 0.6) is 11.5 Å². The number of aromatic hydroxyl groups is 2. The first kappa shape index (κ1) is 28.5. The molecule has 2 aromatic carbocycles. The first-order valence-corrected chi connectivity index (χ1v) is 12.0. The summed E-state index contributed by atoms with van der Waals surface area (Å²) < 4.78 is 5.38. The number of benzene rings is 2. The van der Waals surface area contributed by atoms with Gasteiger partial charge in [0.25, 0.3) is 0 Å². The van der Waals surface area contributed by atoms with Gasteiger partial charge in [-0.15, -0.1) is 0 Å². The molecular formula is C27H37N3O6. The molecule has 2 rings (SSSR count). The molecule has 0 saturated carbocycles. The van der Waals surface area contributed by atoms with E-state index in [1.54, 1.807) is 52.0 Å². The van der Waals surface area contributed by atoms with Crippen molar-refractivity contribution in [3.05, 3.63) is 59.7 Å². The summed E-state index contributed by atoms with van der Waals surface area (Å²) in [5.74, 6) is -0.748. The number of amides is 3. The molecule has 0 aliphatic carbocycles. The van der Waals surface area contributed by atoms with E-state index in [9.17, 15) is 24.6 Å². The Kier molecular flexibility index (Phi) is 9.72. The lowest BCUT2D eigenvalue weighted by atomic mass is 10.00. The van der Waals surface area contributed by atoms with Crippen LogP contribution in [0.15, 0.2) is 48.5 Å². The highest BCUT2D eigenvalue weighted by Gasteiger charge is 2.35. The van der Waals surface area contributed by atoms with E-state index in [4.69, 9.17) is 4.74 Å². The largest absolute Gasteiger partial charge is 0.508 e. The van der Waals surface area contributed by atoms with Crippen LogP contribution in [0.2, 0.25) is 0 Å². The van der Waals surface area contributed by atoms with Gasteiger partial charge in [-0.2, -0.15) is 0 Å². The fourth-order valence-corrected chi connectivity index (χ4v) is 3.68. The van der Waals surface area contributed by atoms with Crippen LogP contribution in [-0.4, -0.2) is 57.3 Å². The smallest absolute Gasteiger partial charge is 0.408 e. The fourth-order valence-electron chi connectivity index (χ4n) is 3.68. The molecule has 0 fully saturated rings. The SMILES string of the molecule is CCN(C(=O)C(Cc1ccc(O)cc1)NC(=O)OC(C)(C)C)C(C(=O)NC(C)C)c1ccc(O)cc1. The lowest BCUT2D eigenvalue weighted by molar-refractivity contribution is -0.142. The molecule has 36 heavy (non-hydrogen) atoms. The number of hydrogen-bond acceptors (Lipinski definition) is 6. The Labute approximate surface area is 212 Å². The standard InChI is InChI=1S/C27H37N3O6/c1-7-30(23(24(33)28-17(2)3)19-10-14-21(32)15-11-19)25(34)22(29-26(35)36-27(4,5)6)16-18-8-12-20(31)13-9-18/h8-15,17,22-23,31-32H,7,16H2,1-6H3,(H,28,33)(H,29,35). The van der Waals surface area contributed by atoms with Gasteiger partial charge in [-0.25, -0.2) is 4.79 Å². The number of hydrogen-bond donors (Lipinski definition) is 4. The molecule has 3 amide bonds. The summed E-state index contributed by atoms with van der Waals surface area (Å²) in [6.07, 6.45) is -0.647. The maximum absolute atomic E-state index is 13.9. The molecule has 0 saturated heterocycles. The van der Waals surface area contributed by atoms with Crippen molar-refractivity contribution >= 4 is 17.9 Å². The average Bonchev–Trinajstić information content (AvgIpc) is 2.77. The van der Waals surface area contributed by atoms with Crippen LogP contribution in [0.3, 0.4) is 0 Å². The highest BCUT2D eigenvalue weighted by Crippen LogP contribution is 2.25. The van der Waals surface area contributed by atoms with Crippen LogP contribution < -0.4 is 10.6 Å². The number of alkyl carbamates (subject to hydrolysis) is 1. The second-order valence-electron chi connectivity index (χ2n) is 9.85. The molecule has 0 bridgehead atoms. The zero-order valence-electron chi connectivity index (χ0n) is 21.7. The number of nitrogens with one attached hydrogen (secondary N) is 2. The monoisotopic (exact) mass is 499 g/mol.